The van der Waals surface area contributed by atoms with E-state index in [1.807, 2.05) is 0 Å². The summed E-state index contributed by atoms with van der Waals surface area (Å²) >= 11 is 0. The quantitative estimate of drug-likeness (QED) is 0.200. The van der Waals surface area contributed by atoms with Crippen LogP contribution in [0.2, 0.25) is 0 Å². The average molecular weight is 523 g/mol. The van der Waals surface area contributed by atoms with Crippen LogP contribution in [-0.2, 0) is 21.0 Å². The molecule has 8 nitrogen and oxygen atoms in total. The first kappa shape index (κ1) is 26.0. The van der Waals surface area contributed by atoms with E-state index < -0.39 is 50.6 Å². The van der Waals surface area contributed by atoms with Crippen LogP contribution in [0.4, 0.5) is 26.3 Å². The molecule has 2 aromatic heterocycles. The van der Waals surface area contributed by atoms with Crippen molar-refractivity contribution < 1.29 is 48.5 Å². The highest BCUT2D eigenvalue weighted by Gasteiger charge is 2.49. The minimum Gasteiger partial charge on any atom is -0.462 e. The normalized spacial score (nSPS) is 12.5. The Hall–Kier alpha value is -3.62. The van der Waals surface area contributed by atoms with Crippen molar-refractivity contribution in [3.8, 4) is 22.8 Å². The second-order valence-corrected chi connectivity index (χ2v) is 8.39. The third-order valence-electron chi connectivity index (χ3n) is 4.45. The van der Waals surface area contributed by atoms with E-state index in [-0.39, 0.29) is 23.4 Å². The van der Waals surface area contributed by atoms with Crippen molar-refractivity contribution in [1.29, 1.82) is 0 Å². The summed E-state index contributed by atoms with van der Waals surface area (Å²) in [6.07, 6.45) is -4.42. The highest BCUT2D eigenvalue weighted by atomic mass is 32.2. The summed E-state index contributed by atoms with van der Waals surface area (Å²) < 4.78 is 112. The number of benzene rings is 1. The molecule has 0 unspecified atom stereocenters. The van der Waals surface area contributed by atoms with E-state index in [1.54, 1.807) is 0 Å². The highest BCUT2D eigenvalue weighted by Crippen LogP contribution is 2.37. The molecule has 0 saturated carbocycles. The molecule has 35 heavy (non-hydrogen) atoms. The Kier molecular flexibility index (Phi) is 6.83. The number of para-hydroxylation sites is 1. The van der Waals surface area contributed by atoms with Crippen LogP contribution in [0.15, 0.2) is 42.6 Å². The van der Waals surface area contributed by atoms with Gasteiger partial charge in [0.15, 0.2) is 17.3 Å². The molecular formula is C20H15F6N3O5S. The summed E-state index contributed by atoms with van der Waals surface area (Å²) in [6, 6.07) is 7.35. The fourth-order valence-electron chi connectivity index (χ4n) is 2.97. The topological polar surface area (TPSA) is 100 Å². The second-order valence-electron chi connectivity index (χ2n) is 6.85. The number of hydrogen-bond acceptors (Lipinski definition) is 7. The number of carbonyl (C=O) groups is 1. The monoisotopic (exact) mass is 523 g/mol. The number of nitrogens with zero attached hydrogens (tertiary/aromatic N) is 3. The van der Waals surface area contributed by atoms with Crippen molar-refractivity contribution >= 4 is 16.1 Å². The predicted octanol–water partition coefficient (Wildman–Crippen LogP) is 4.67. The largest absolute Gasteiger partial charge is 0.534 e. The lowest BCUT2D eigenvalue weighted by Gasteiger charge is -2.16. The fraction of sp³-hybridized carbons (Fsp3) is 0.250. The number of esters is 1. The molecule has 0 saturated heterocycles. The van der Waals surface area contributed by atoms with Gasteiger partial charge in [-0.25, -0.2) is 14.5 Å². The minimum absolute atomic E-state index is 0.0119. The molecular weight excluding hydrogens is 508 g/mol. The first-order chi connectivity index (χ1) is 16.2. The van der Waals surface area contributed by atoms with Gasteiger partial charge in [0.05, 0.1) is 18.5 Å². The number of carbonyl (C=O) groups excluding carboxylic acids is 1. The smallest absolute Gasteiger partial charge is 0.462 e. The third kappa shape index (κ3) is 5.23. The Morgan fingerprint density at radius 3 is 2.31 bits per heavy atom. The first-order valence-corrected chi connectivity index (χ1v) is 11.0. The van der Waals surface area contributed by atoms with Crippen molar-refractivity contribution in [2.45, 2.75) is 25.5 Å². The molecule has 15 heteroatoms. The minimum atomic E-state index is -6.05. The van der Waals surface area contributed by atoms with E-state index in [0.29, 0.717) is 10.9 Å². The van der Waals surface area contributed by atoms with Gasteiger partial charge in [0.2, 0.25) is 0 Å². The van der Waals surface area contributed by atoms with Crippen LogP contribution in [0.5, 0.6) is 5.75 Å². The zero-order valence-corrected chi connectivity index (χ0v) is 18.6. The average Bonchev–Trinajstić information content (AvgIpc) is 3.21. The molecule has 0 fully saturated rings. The molecule has 0 atom stereocenters. The van der Waals surface area contributed by atoms with Gasteiger partial charge in [-0.05, 0) is 37.6 Å². The van der Waals surface area contributed by atoms with E-state index in [2.05, 4.69) is 19.0 Å². The van der Waals surface area contributed by atoms with Crippen LogP contribution < -0.4 is 4.18 Å². The number of rotatable bonds is 6. The highest BCUT2D eigenvalue weighted by molar-refractivity contribution is 7.88. The predicted molar refractivity (Wildman–Crippen MR) is 108 cm³/mol. The molecule has 0 radical (unpaired) electrons. The maximum Gasteiger partial charge on any atom is 0.534 e. The standard InChI is InChI=1S/C20H15F6N3O5S/c1-3-33-18(30)13-10-27-29(17(13)19(21,22)23)15-9-5-8-14(28-15)12-7-4-6-11(2)16(12)34-35(31,32)20(24,25)26/h4-10H,3H2,1-2H3. The lowest BCUT2D eigenvalue weighted by atomic mass is 10.1. The van der Waals surface area contributed by atoms with Crippen LogP contribution in [0.3, 0.4) is 0 Å². The molecule has 0 amide bonds. The number of alkyl halides is 6. The number of aromatic nitrogens is 3. The Morgan fingerprint density at radius 1 is 1.06 bits per heavy atom. The second kappa shape index (κ2) is 9.20. The number of hydrogen-bond donors (Lipinski definition) is 0. The molecule has 3 rings (SSSR count). The molecule has 0 aliphatic carbocycles. The summed E-state index contributed by atoms with van der Waals surface area (Å²) in [5.41, 5.74) is -8.56. The van der Waals surface area contributed by atoms with Gasteiger partial charge in [0, 0.05) is 5.56 Å². The van der Waals surface area contributed by atoms with Crippen molar-refractivity contribution in [2.75, 3.05) is 6.61 Å². The van der Waals surface area contributed by atoms with Gasteiger partial charge >= 0.3 is 27.8 Å². The maximum atomic E-state index is 13.8. The molecule has 188 valence electrons. The van der Waals surface area contributed by atoms with Crippen LogP contribution >= 0.6 is 0 Å². The summed E-state index contributed by atoms with van der Waals surface area (Å²) in [4.78, 5) is 16.0. The van der Waals surface area contributed by atoms with Crippen molar-refractivity contribution in [3.05, 3.63) is 59.4 Å². The first-order valence-electron chi connectivity index (χ1n) is 9.58. The van der Waals surface area contributed by atoms with E-state index >= 15 is 0 Å². The van der Waals surface area contributed by atoms with Crippen LogP contribution in [0.1, 0.15) is 28.5 Å². The summed E-state index contributed by atoms with van der Waals surface area (Å²) in [7, 11) is -6.05. The SMILES string of the molecule is CCOC(=O)c1cnn(-c2cccc(-c3cccc(C)c3OS(=O)(=O)C(F)(F)F)n2)c1C(F)(F)F. The molecule has 0 bridgehead atoms. The molecule has 0 aliphatic heterocycles. The Balaban J connectivity index is 2.16. The lowest BCUT2D eigenvalue weighted by molar-refractivity contribution is -0.143. The van der Waals surface area contributed by atoms with E-state index in [0.717, 1.165) is 6.07 Å². The van der Waals surface area contributed by atoms with Crippen molar-refractivity contribution in [1.82, 2.24) is 14.8 Å². The fourth-order valence-corrected chi connectivity index (χ4v) is 3.50. The zero-order chi connectivity index (χ0) is 26.2. The van der Waals surface area contributed by atoms with E-state index in [1.165, 1.54) is 44.2 Å². The molecule has 2 heterocycles. The summed E-state index contributed by atoms with van der Waals surface area (Å²) in [6.45, 7) is 2.49. The molecule has 1 aromatic carbocycles. The number of halogens is 6. The zero-order valence-electron chi connectivity index (χ0n) is 17.8. The van der Waals surface area contributed by atoms with Gasteiger partial charge in [-0.1, -0.05) is 18.2 Å². The van der Waals surface area contributed by atoms with Crippen LogP contribution in [0.25, 0.3) is 17.1 Å². The Labute approximate surface area is 194 Å². The molecule has 3 aromatic rings. The number of aryl methyl sites for hydroxylation is 1. The Morgan fingerprint density at radius 2 is 1.71 bits per heavy atom. The maximum absolute atomic E-state index is 13.8. The van der Waals surface area contributed by atoms with Crippen LogP contribution in [-0.4, -0.2) is 41.3 Å². The summed E-state index contributed by atoms with van der Waals surface area (Å²) in [5.74, 6) is -2.44. The molecule has 0 spiro atoms. The lowest BCUT2D eigenvalue weighted by Crippen LogP contribution is -2.28. The van der Waals surface area contributed by atoms with Crippen LogP contribution in [0, 0.1) is 6.92 Å². The Bertz CT molecular complexity index is 1370. The van der Waals surface area contributed by atoms with Gasteiger partial charge in [-0.2, -0.15) is 39.9 Å². The number of pyridine rings is 1. The van der Waals surface area contributed by atoms with Gasteiger partial charge in [0.1, 0.15) is 5.56 Å². The van der Waals surface area contributed by atoms with E-state index in [4.69, 9.17) is 0 Å². The van der Waals surface area contributed by atoms with Gasteiger partial charge in [-0.15, -0.1) is 0 Å². The molecule has 0 N–H and O–H groups in total. The van der Waals surface area contributed by atoms with Gasteiger partial charge in [-0.3, -0.25) is 0 Å². The number of ether oxygens (including phenoxy) is 1. The van der Waals surface area contributed by atoms with Gasteiger partial charge < -0.3 is 8.92 Å². The molecule has 0 aliphatic rings. The summed E-state index contributed by atoms with van der Waals surface area (Å²) in [5, 5.41) is 3.58. The van der Waals surface area contributed by atoms with Crippen molar-refractivity contribution in [2.24, 2.45) is 0 Å². The van der Waals surface area contributed by atoms with Crippen molar-refractivity contribution in [3.63, 3.8) is 0 Å². The van der Waals surface area contributed by atoms with E-state index in [9.17, 15) is 39.6 Å². The van der Waals surface area contributed by atoms with Gasteiger partial charge in [0.25, 0.3) is 0 Å². The third-order valence-corrected chi connectivity index (χ3v) is 5.40.